The molecule has 1 saturated carbocycles. The molecular weight excluding hydrogens is 132 g/mol. The van der Waals surface area contributed by atoms with Crippen LogP contribution >= 0.6 is 0 Å². The predicted molar refractivity (Wildman–Crippen MR) is 50.5 cm³/mol. The third-order valence-electron chi connectivity index (χ3n) is 3.22. The molecule has 0 nitrogen and oxygen atoms in total. The van der Waals surface area contributed by atoms with Gasteiger partial charge >= 0.3 is 0 Å². The first-order chi connectivity index (χ1) is 5.27. The van der Waals surface area contributed by atoms with Crippen molar-refractivity contribution in [1.82, 2.24) is 0 Å². The fourth-order valence-electron chi connectivity index (χ4n) is 2.25. The number of hydrogen-bond donors (Lipinski definition) is 0. The standard InChI is InChI=1S/C11H20/c1-4-10-6-7-11(5-2)9(3)8-10/h5,9-11H,2,4,6-8H2,1,3H3/t9?,10-,11?/m0/s1. The molecule has 0 aromatic rings. The molecule has 0 heterocycles. The van der Waals surface area contributed by atoms with E-state index >= 15 is 0 Å². The van der Waals surface area contributed by atoms with Gasteiger partial charge in [-0.1, -0.05) is 26.3 Å². The summed E-state index contributed by atoms with van der Waals surface area (Å²) in [7, 11) is 0. The minimum absolute atomic E-state index is 0.804. The lowest BCUT2D eigenvalue weighted by atomic mass is 9.74. The summed E-state index contributed by atoms with van der Waals surface area (Å²) in [6.07, 6.45) is 7.75. The van der Waals surface area contributed by atoms with Crippen LogP contribution < -0.4 is 0 Å². The van der Waals surface area contributed by atoms with E-state index in [4.69, 9.17) is 0 Å². The molecule has 0 saturated heterocycles. The molecule has 0 heteroatoms. The quantitative estimate of drug-likeness (QED) is 0.530. The van der Waals surface area contributed by atoms with Crippen LogP contribution in [0, 0.1) is 17.8 Å². The average Bonchev–Trinajstić information content (AvgIpc) is 2.04. The van der Waals surface area contributed by atoms with Crippen LogP contribution in [0.2, 0.25) is 0 Å². The molecule has 64 valence electrons. The van der Waals surface area contributed by atoms with Crippen molar-refractivity contribution >= 4 is 0 Å². The molecule has 0 aliphatic heterocycles. The summed E-state index contributed by atoms with van der Waals surface area (Å²) in [5.74, 6) is 2.69. The second-order valence-electron chi connectivity index (χ2n) is 3.96. The fourth-order valence-corrected chi connectivity index (χ4v) is 2.25. The van der Waals surface area contributed by atoms with Gasteiger partial charge in [-0.05, 0) is 37.0 Å². The zero-order chi connectivity index (χ0) is 8.27. The summed E-state index contributed by atoms with van der Waals surface area (Å²) < 4.78 is 0. The van der Waals surface area contributed by atoms with Crippen LogP contribution in [0.15, 0.2) is 12.7 Å². The molecule has 2 unspecified atom stereocenters. The Morgan fingerprint density at radius 3 is 2.64 bits per heavy atom. The zero-order valence-electron chi connectivity index (χ0n) is 7.84. The maximum Gasteiger partial charge on any atom is -0.0210 e. The van der Waals surface area contributed by atoms with E-state index in [2.05, 4.69) is 26.5 Å². The molecule has 0 N–H and O–H groups in total. The second kappa shape index (κ2) is 3.94. The van der Waals surface area contributed by atoms with Gasteiger partial charge in [-0.25, -0.2) is 0 Å². The van der Waals surface area contributed by atoms with Gasteiger partial charge in [0.05, 0.1) is 0 Å². The number of hydrogen-bond acceptors (Lipinski definition) is 0. The van der Waals surface area contributed by atoms with Crippen LogP contribution in [0.1, 0.15) is 39.5 Å². The van der Waals surface area contributed by atoms with Crippen molar-refractivity contribution in [2.75, 3.05) is 0 Å². The van der Waals surface area contributed by atoms with Gasteiger partial charge in [-0.15, -0.1) is 6.58 Å². The van der Waals surface area contributed by atoms with Crippen molar-refractivity contribution in [3.05, 3.63) is 12.7 Å². The van der Waals surface area contributed by atoms with E-state index in [1.165, 1.54) is 25.7 Å². The first-order valence-corrected chi connectivity index (χ1v) is 4.90. The van der Waals surface area contributed by atoms with Gasteiger partial charge in [0, 0.05) is 0 Å². The first-order valence-electron chi connectivity index (χ1n) is 4.90. The molecule has 0 aromatic heterocycles. The van der Waals surface area contributed by atoms with E-state index in [1.54, 1.807) is 0 Å². The minimum Gasteiger partial charge on any atom is -0.103 e. The zero-order valence-corrected chi connectivity index (χ0v) is 7.84. The van der Waals surface area contributed by atoms with Crippen LogP contribution in [-0.2, 0) is 0 Å². The predicted octanol–water partition coefficient (Wildman–Crippen LogP) is 3.63. The van der Waals surface area contributed by atoms with Gasteiger partial charge in [0.15, 0.2) is 0 Å². The van der Waals surface area contributed by atoms with E-state index in [1.807, 2.05) is 0 Å². The highest BCUT2D eigenvalue weighted by atomic mass is 14.3. The van der Waals surface area contributed by atoms with Gasteiger partial charge in [-0.2, -0.15) is 0 Å². The highest BCUT2D eigenvalue weighted by molar-refractivity contribution is 4.87. The Morgan fingerprint density at radius 2 is 2.18 bits per heavy atom. The van der Waals surface area contributed by atoms with E-state index < -0.39 is 0 Å². The Kier molecular flexibility index (Phi) is 3.16. The van der Waals surface area contributed by atoms with Crippen LogP contribution in [0.4, 0.5) is 0 Å². The lowest BCUT2D eigenvalue weighted by Crippen LogP contribution is -2.20. The Hall–Kier alpha value is -0.260. The molecule has 0 aromatic carbocycles. The first kappa shape index (κ1) is 8.83. The largest absolute Gasteiger partial charge is 0.103 e. The van der Waals surface area contributed by atoms with Gasteiger partial charge in [0.2, 0.25) is 0 Å². The molecule has 11 heavy (non-hydrogen) atoms. The Bertz CT molecular complexity index is 126. The van der Waals surface area contributed by atoms with Crippen LogP contribution in [0.25, 0.3) is 0 Å². The smallest absolute Gasteiger partial charge is 0.0210 e. The third-order valence-corrected chi connectivity index (χ3v) is 3.22. The summed E-state index contributed by atoms with van der Waals surface area (Å²) in [5.41, 5.74) is 0. The Labute approximate surface area is 70.7 Å². The molecule has 1 aliphatic rings. The van der Waals surface area contributed by atoms with Gasteiger partial charge in [0.25, 0.3) is 0 Å². The SMILES string of the molecule is C=CC1CC[C@H](CC)CC1C. The minimum atomic E-state index is 0.804. The van der Waals surface area contributed by atoms with Crippen LogP contribution in [0.3, 0.4) is 0 Å². The Balaban J connectivity index is 2.40. The number of allylic oxidation sites excluding steroid dienone is 1. The molecule has 3 atom stereocenters. The second-order valence-corrected chi connectivity index (χ2v) is 3.96. The molecule has 0 amide bonds. The van der Waals surface area contributed by atoms with Gasteiger partial charge in [0.1, 0.15) is 0 Å². The van der Waals surface area contributed by atoms with Crippen molar-refractivity contribution in [3.8, 4) is 0 Å². The fraction of sp³-hybridized carbons (Fsp3) is 0.818. The van der Waals surface area contributed by atoms with Crippen molar-refractivity contribution in [2.45, 2.75) is 39.5 Å². The van der Waals surface area contributed by atoms with E-state index in [9.17, 15) is 0 Å². The summed E-state index contributed by atoms with van der Waals surface area (Å²) in [6.45, 7) is 8.57. The van der Waals surface area contributed by atoms with E-state index in [0.29, 0.717) is 0 Å². The summed E-state index contributed by atoms with van der Waals surface area (Å²) >= 11 is 0. The van der Waals surface area contributed by atoms with Crippen molar-refractivity contribution in [2.24, 2.45) is 17.8 Å². The highest BCUT2D eigenvalue weighted by Crippen LogP contribution is 2.35. The molecule has 1 fully saturated rings. The lowest BCUT2D eigenvalue weighted by Gasteiger charge is -2.31. The molecule has 1 rings (SSSR count). The van der Waals surface area contributed by atoms with Crippen LogP contribution in [-0.4, -0.2) is 0 Å². The highest BCUT2D eigenvalue weighted by Gasteiger charge is 2.23. The van der Waals surface area contributed by atoms with Crippen molar-refractivity contribution in [1.29, 1.82) is 0 Å². The van der Waals surface area contributed by atoms with Gasteiger partial charge < -0.3 is 0 Å². The normalized spacial score (nSPS) is 38.5. The topological polar surface area (TPSA) is 0 Å². The Morgan fingerprint density at radius 1 is 1.45 bits per heavy atom. The molecule has 0 radical (unpaired) electrons. The monoisotopic (exact) mass is 152 g/mol. The lowest BCUT2D eigenvalue weighted by molar-refractivity contribution is 0.225. The maximum atomic E-state index is 3.89. The number of rotatable bonds is 2. The third kappa shape index (κ3) is 2.08. The van der Waals surface area contributed by atoms with Crippen molar-refractivity contribution < 1.29 is 0 Å². The average molecular weight is 152 g/mol. The molecule has 0 bridgehead atoms. The van der Waals surface area contributed by atoms with E-state index in [0.717, 1.165) is 17.8 Å². The summed E-state index contributed by atoms with van der Waals surface area (Å²) in [5, 5.41) is 0. The summed E-state index contributed by atoms with van der Waals surface area (Å²) in [6, 6.07) is 0. The summed E-state index contributed by atoms with van der Waals surface area (Å²) in [4.78, 5) is 0. The van der Waals surface area contributed by atoms with Gasteiger partial charge in [-0.3, -0.25) is 0 Å². The van der Waals surface area contributed by atoms with Crippen LogP contribution in [0.5, 0.6) is 0 Å². The van der Waals surface area contributed by atoms with Crippen molar-refractivity contribution in [3.63, 3.8) is 0 Å². The molecule has 0 spiro atoms. The molecule has 1 aliphatic carbocycles. The van der Waals surface area contributed by atoms with E-state index in [-0.39, 0.29) is 0 Å². The maximum absolute atomic E-state index is 3.89. The molecular formula is C11H20.